The highest BCUT2D eigenvalue weighted by Gasteiger charge is 2.05. The molecule has 6 heteroatoms. The third kappa shape index (κ3) is 4.29. The molecule has 0 aliphatic rings. The van der Waals surface area contributed by atoms with Gasteiger partial charge in [0.05, 0.1) is 12.8 Å². The Labute approximate surface area is 95.0 Å². The fraction of sp³-hybridized carbons (Fsp3) is 0.700. The molecule has 0 radical (unpaired) electrons. The second-order valence-corrected chi connectivity index (χ2v) is 3.48. The quantitative estimate of drug-likeness (QED) is 0.805. The predicted octanol–water partition coefficient (Wildman–Crippen LogP) is 2.04. The van der Waals surface area contributed by atoms with Crippen LogP contribution >= 0.6 is 0 Å². The first-order valence-corrected chi connectivity index (χ1v) is 5.60. The number of nitrogens with zero attached hydrogens (tertiary/aromatic N) is 3. The van der Waals surface area contributed by atoms with Gasteiger partial charge in [-0.05, 0) is 12.8 Å². The van der Waals surface area contributed by atoms with E-state index in [1.165, 1.54) is 0 Å². The van der Waals surface area contributed by atoms with Crippen molar-refractivity contribution < 1.29 is 9.53 Å². The highest BCUT2D eigenvalue weighted by Crippen LogP contribution is 2.02. The van der Waals surface area contributed by atoms with Crippen LogP contribution < -0.4 is 5.32 Å². The zero-order chi connectivity index (χ0) is 11.8. The molecule has 0 saturated heterocycles. The number of amides is 1. The van der Waals surface area contributed by atoms with Crippen LogP contribution in [0.5, 0.6) is 0 Å². The van der Waals surface area contributed by atoms with Gasteiger partial charge >= 0.3 is 6.09 Å². The van der Waals surface area contributed by atoms with Crippen LogP contribution in [0.4, 0.5) is 10.6 Å². The lowest BCUT2D eigenvalue weighted by molar-refractivity contribution is 0.161. The molecule has 0 fully saturated rings. The van der Waals surface area contributed by atoms with Crippen molar-refractivity contribution in [2.45, 2.75) is 39.7 Å². The van der Waals surface area contributed by atoms with E-state index >= 15 is 0 Å². The van der Waals surface area contributed by atoms with Crippen LogP contribution in [-0.4, -0.2) is 27.7 Å². The molecule has 1 amide bonds. The average Bonchev–Trinajstić information content (AvgIpc) is 2.71. The summed E-state index contributed by atoms with van der Waals surface area (Å²) in [7, 11) is 0. The summed E-state index contributed by atoms with van der Waals surface area (Å²) in [6.45, 7) is 5.28. The summed E-state index contributed by atoms with van der Waals surface area (Å²) < 4.78 is 6.57. The third-order valence-corrected chi connectivity index (χ3v) is 1.95. The maximum Gasteiger partial charge on any atom is 0.412 e. The summed E-state index contributed by atoms with van der Waals surface area (Å²) in [4.78, 5) is 11.2. The molecule has 1 aromatic heterocycles. The van der Waals surface area contributed by atoms with Crippen molar-refractivity contribution in [2.75, 3.05) is 11.9 Å². The largest absolute Gasteiger partial charge is 0.449 e. The van der Waals surface area contributed by atoms with Crippen LogP contribution in [-0.2, 0) is 11.3 Å². The van der Waals surface area contributed by atoms with E-state index in [-0.39, 0.29) is 0 Å². The first kappa shape index (κ1) is 12.5. The van der Waals surface area contributed by atoms with Crippen molar-refractivity contribution in [1.29, 1.82) is 0 Å². The Bertz CT molecular complexity index is 324. The van der Waals surface area contributed by atoms with E-state index in [2.05, 4.69) is 22.6 Å². The first-order valence-electron chi connectivity index (χ1n) is 5.60. The maximum atomic E-state index is 11.2. The molecule has 0 spiro atoms. The van der Waals surface area contributed by atoms with E-state index in [0.717, 1.165) is 25.8 Å². The smallest absolute Gasteiger partial charge is 0.412 e. The van der Waals surface area contributed by atoms with Crippen molar-refractivity contribution in [3.8, 4) is 0 Å². The molecular weight excluding hydrogens is 208 g/mol. The molecule has 1 N–H and O–H groups in total. The van der Waals surface area contributed by atoms with Gasteiger partial charge in [-0.1, -0.05) is 25.5 Å². The van der Waals surface area contributed by atoms with Crippen molar-refractivity contribution in [2.24, 2.45) is 0 Å². The van der Waals surface area contributed by atoms with Crippen molar-refractivity contribution in [1.82, 2.24) is 15.0 Å². The summed E-state index contributed by atoms with van der Waals surface area (Å²) in [5, 5.41) is 10.2. The van der Waals surface area contributed by atoms with E-state index in [0.29, 0.717) is 12.4 Å². The van der Waals surface area contributed by atoms with E-state index < -0.39 is 6.09 Å². The van der Waals surface area contributed by atoms with Crippen molar-refractivity contribution >= 4 is 11.9 Å². The van der Waals surface area contributed by atoms with Gasteiger partial charge in [0.1, 0.15) is 0 Å². The number of aryl methyl sites for hydroxylation is 1. The number of rotatable bonds is 6. The van der Waals surface area contributed by atoms with Crippen LogP contribution in [0.1, 0.15) is 33.1 Å². The Balaban J connectivity index is 2.36. The van der Waals surface area contributed by atoms with Crippen LogP contribution in [0.2, 0.25) is 0 Å². The fourth-order valence-corrected chi connectivity index (χ4v) is 1.12. The number of anilines is 1. The minimum absolute atomic E-state index is 0.413. The average molecular weight is 226 g/mol. The summed E-state index contributed by atoms with van der Waals surface area (Å²) in [5.41, 5.74) is 0. The van der Waals surface area contributed by atoms with Gasteiger partial charge in [0.2, 0.25) is 0 Å². The summed E-state index contributed by atoms with van der Waals surface area (Å²) in [5.74, 6) is 0.428. The van der Waals surface area contributed by atoms with Crippen molar-refractivity contribution in [3.05, 3.63) is 6.20 Å². The number of unbranched alkanes of at least 4 members (excludes halogenated alkanes) is 1. The number of aromatic nitrogens is 3. The standard InChI is InChI=1S/C10H18N4O2/c1-3-5-6-14-8-9(12-13-14)11-10(15)16-7-4-2/h8H,3-7H2,1-2H3,(H,11,15). The number of hydrogen-bond acceptors (Lipinski definition) is 4. The van der Waals surface area contributed by atoms with E-state index in [4.69, 9.17) is 4.74 Å². The molecule has 0 saturated carbocycles. The maximum absolute atomic E-state index is 11.2. The molecule has 1 heterocycles. The molecule has 6 nitrogen and oxygen atoms in total. The first-order chi connectivity index (χ1) is 7.76. The molecule has 0 unspecified atom stereocenters. The van der Waals surface area contributed by atoms with Gasteiger partial charge in [0.25, 0.3) is 0 Å². The molecular formula is C10H18N4O2. The van der Waals surface area contributed by atoms with Gasteiger partial charge in [-0.3, -0.25) is 10.00 Å². The van der Waals surface area contributed by atoms with E-state index in [9.17, 15) is 4.79 Å². The predicted molar refractivity (Wildman–Crippen MR) is 60.2 cm³/mol. The Hall–Kier alpha value is -1.59. The molecule has 0 aromatic carbocycles. The fourth-order valence-electron chi connectivity index (χ4n) is 1.12. The topological polar surface area (TPSA) is 69.0 Å². The zero-order valence-corrected chi connectivity index (χ0v) is 9.77. The molecule has 16 heavy (non-hydrogen) atoms. The Kier molecular flexibility index (Phi) is 5.31. The van der Waals surface area contributed by atoms with Gasteiger partial charge in [-0.25, -0.2) is 4.79 Å². The number of ether oxygens (including phenoxy) is 1. The lowest BCUT2D eigenvalue weighted by Gasteiger charge is -2.01. The van der Waals surface area contributed by atoms with Crippen LogP contribution in [0.15, 0.2) is 6.20 Å². The molecule has 0 bridgehead atoms. The van der Waals surface area contributed by atoms with Crippen LogP contribution in [0.25, 0.3) is 0 Å². The number of carbonyl (C=O) groups excluding carboxylic acids is 1. The molecule has 0 atom stereocenters. The summed E-state index contributed by atoms with van der Waals surface area (Å²) in [6.07, 6.45) is 4.16. The summed E-state index contributed by atoms with van der Waals surface area (Å²) >= 11 is 0. The highest BCUT2D eigenvalue weighted by molar-refractivity contribution is 5.82. The minimum atomic E-state index is -0.482. The minimum Gasteiger partial charge on any atom is -0.449 e. The van der Waals surface area contributed by atoms with Gasteiger partial charge in [0, 0.05) is 6.54 Å². The lowest BCUT2D eigenvalue weighted by atomic mass is 10.3. The molecule has 0 aliphatic heterocycles. The number of hydrogen-bond donors (Lipinski definition) is 1. The van der Waals surface area contributed by atoms with E-state index in [1.807, 2.05) is 6.92 Å². The van der Waals surface area contributed by atoms with Crippen LogP contribution in [0, 0.1) is 0 Å². The lowest BCUT2D eigenvalue weighted by Crippen LogP contribution is -2.14. The van der Waals surface area contributed by atoms with Gasteiger partial charge < -0.3 is 4.74 Å². The monoisotopic (exact) mass is 226 g/mol. The van der Waals surface area contributed by atoms with Gasteiger partial charge in [-0.15, -0.1) is 5.10 Å². The van der Waals surface area contributed by atoms with Crippen LogP contribution in [0.3, 0.4) is 0 Å². The molecule has 90 valence electrons. The zero-order valence-electron chi connectivity index (χ0n) is 9.77. The number of carbonyl (C=O) groups is 1. The van der Waals surface area contributed by atoms with Gasteiger partial charge in [0.15, 0.2) is 5.82 Å². The Morgan fingerprint density at radius 3 is 3.00 bits per heavy atom. The third-order valence-electron chi connectivity index (χ3n) is 1.95. The second-order valence-electron chi connectivity index (χ2n) is 3.48. The highest BCUT2D eigenvalue weighted by atomic mass is 16.5. The molecule has 1 aromatic rings. The van der Waals surface area contributed by atoms with E-state index in [1.54, 1.807) is 10.9 Å². The van der Waals surface area contributed by atoms with Crippen molar-refractivity contribution in [3.63, 3.8) is 0 Å². The van der Waals surface area contributed by atoms with Gasteiger partial charge in [-0.2, -0.15) is 0 Å². The SMILES string of the molecule is CCCCn1cc(NC(=O)OCCC)nn1. The molecule has 0 aliphatic carbocycles. The second kappa shape index (κ2) is 6.81. The Morgan fingerprint density at radius 1 is 1.50 bits per heavy atom. The Morgan fingerprint density at radius 2 is 2.31 bits per heavy atom. The molecule has 1 rings (SSSR count). The normalized spacial score (nSPS) is 10.1. The summed E-state index contributed by atoms with van der Waals surface area (Å²) in [6, 6.07) is 0. The number of nitrogens with one attached hydrogen (secondary N) is 1.